The SMILES string of the molecule is CCOC(=O)c1cnn2c(=O)c3c(n(CC)c12)CCN(Cc1ccc(OC)cc1)C3. The smallest absolute Gasteiger partial charge is 0.343 e. The second kappa shape index (κ2) is 8.31. The summed E-state index contributed by atoms with van der Waals surface area (Å²) in [5, 5.41) is 4.22. The number of nitrogens with zero attached hydrogens (tertiary/aromatic N) is 4. The van der Waals surface area contributed by atoms with E-state index in [0.29, 0.717) is 24.3 Å². The standard InChI is InChI=1S/C22H26N4O4/c1-4-25-19-10-11-24(13-15-6-8-16(29-3)9-7-15)14-18(19)21(27)26-20(25)17(12-23-26)22(28)30-5-2/h6-9,12H,4-5,10-11,13-14H2,1-3H3. The molecule has 0 amide bonds. The molecule has 0 N–H and O–H groups in total. The van der Waals surface area contributed by atoms with Crippen LogP contribution in [0.5, 0.6) is 5.75 Å². The van der Waals surface area contributed by atoms with E-state index in [9.17, 15) is 9.59 Å². The molecule has 2 aromatic heterocycles. The fraction of sp³-hybridized carbons (Fsp3) is 0.409. The van der Waals surface area contributed by atoms with Crippen molar-refractivity contribution < 1.29 is 14.3 Å². The average Bonchev–Trinajstić information content (AvgIpc) is 3.21. The van der Waals surface area contributed by atoms with Gasteiger partial charge in [-0.15, -0.1) is 0 Å². The van der Waals surface area contributed by atoms with E-state index in [1.165, 1.54) is 16.3 Å². The molecule has 0 atom stereocenters. The number of rotatable bonds is 6. The fourth-order valence-electron chi connectivity index (χ4n) is 4.12. The molecule has 3 aromatic rings. The van der Waals surface area contributed by atoms with Gasteiger partial charge in [-0.25, -0.2) is 4.79 Å². The first-order chi connectivity index (χ1) is 14.6. The van der Waals surface area contributed by atoms with Crippen molar-refractivity contribution in [3.05, 3.63) is 63.2 Å². The zero-order chi connectivity index (χ0) is 21.3. The molecule has 0 fully saturated rings. The molecular formula is C22H26N4O4. The van der Waals surface area contributed by atoms with Crippen LogP contribution in [0.2, 0.25) is 0 Å². The van der Waals surface area contributed by atoms with Crippen LogP contribution in [-0.4, -0.2) is 45.3 Å². The van der Waals surface area contributed by atoms with E-state index in [1.54, 1.807) is 14.0 Å². The lowest BCUT2D eigenvalue weighted by molar-refractivity contribution is 0.0528. The van der Waals surface area contributed by atoms with Crippen molar-refractivity contribution in [3.63, 3.8) is 0 Å². The Balaban J connectivity index is 1.70. The van der Waals surface area contributed by atoms with Crippen molar-refractivity contribution in [1.82, 2.24) is 19.1 Å². The van der Waals surface area contributed by atoms with Gasteiger partial charge in [-0.05, 0) is 31.5 Å². The molecule has 0 unspecified atom stereocenters. The Kier molecular flexibility index (Phi) is 5.59. The van der Waals surface area contributed by atoms with E-state index in [2.05, 4.69) is 10.00 Å². The number of hydrogen-bond donors (Lipinski definition) is 0. The molecule has 0 bridgehead atoms. The van der Waals surface area contributed by atoms with Crippen LogP contribution < -0.4 is 10.3 Å². The first-order valence-corrected chi connectivity index (χ1v) is 10.2. The third-order valence-electron chi connectivity index (χ3n) is 5.55. The van der Waals surface area contributed by atoms with Gasteiger partial charge >= 0.3 is 5.97 Å². The summed E-state index contributed by atoms with van der Waals surface area (Å²) < 4.78 is 13.7. The number of carbonyl (C=O) groups is 1. The van der Waals surface area contributed by atoms with Gasteiger partial charge < -0.3 is 14.0 Å². The molecule has 0 saturated heterocycles. The Hall–Kier alpha value is -3.13. The number of hydrogen-bond acceptors (Lipinski definition) is 6. The van der Waals surface area contributed by atoms with Crippen LogP contribution in [0.15, 0.2) is 35.3 Å². The Morgan fingerprint density at radius 3 is 2.63 bits per heavy atom. The van der Waals surface area contributed by atoms with E-state index in [4.69, 9.17) is 9.47 Å². The number of aryl methyl sites for hydroxylation is 1. The molecule has 30 heavy (non-hydrogen) atoms. The number of ether oxygens (including phenoxy) is 2. The van der Waals surface area contributed by atoms with Gasteiger partial charge in [0.15, 0.2) is 5.65 Å². The molecule has 0 saturated carbocycles. The van der Waals surface area contributed by atoms with Crippen molar-refractivity contribution >= 4 is 11.6 Å². The summed E-state index contributed by atoms with van der Waals surface area (Å²) in [6.07, 6.45) is 2.17. The van der Waals surface area contributed by atoms with Gasteiger partial charge in [-0.1, -0.05) is 12.1 Å². The zero-order valence-electron chi connectivity index (χ0n) is 17.6. The van der Waals surface area contributed by atoms with Crippen molar-refractivity contribution in [3.8, 4) is 5.75 Å². The molecule has 4 rings (SSSR count). The highest BCUT2D eigenvalue weighted by Crippen LogP contribution is 2.23. The lowest BCUT2D eigenvalue weighted by Gasteiger charge is -2.30. The predicted molar refractivity (Wildman–Crippen MR) is 112 cm³/mol. The number of methoxy groups -OCH3 is 1. The van der Waals surface area contributed by atoms with Crippen LogP contribution >= 0.6 is 0 Å². The van der Waals surface area contributed by atoms with Crippen LogP contribution in [0.25, 0.3) is 5.65 Å². The van der Waals surface area contributed by atoms with E-state index < -0.39 is 5.97 Å². The quantitative estimate of drug-likeness (QED) is 0.580. The molecular weight excluding hydrogens is 384 g/mol. The summed E-state index contributed by atoms with van der Waals surface area (Å²) in [5.41, 5.74) is 3.57. The zero-order valence-corrected chi connectivity index (χ0v) is 17.6. The molecule has 1 aliphatic heterocycles. The van der Waals surface area contributed by atoms with Crippen molar-refractivity contribution in [2.75, 3.05) is 20.3 Å². The molecule has 1 aliphatic rings. The summed E-state index contributed by atoms with van der Waals surface area (Å²) in [6.45, 7) is 6.81. The average molecular weight is 410 g/mol. The predicted octanol–water partition coefficient (Wildman–Crippen LogP) is 2.26. The number of carbonyl (C=O) groups excluding carboxylic acids is 1. The molecule has 0 radical (unpaired) electrons. The van der Waals surface area contributed by atoms with Gasteiger partial charge in [-0.3, -0.25) is 9.69 Å². The van der Waals surface area contributed by atoms with Crippen LogP contribution in [0.4, 0.5) is 0 Å². The Bertz CT molecular complexity index is 1130. The van der Waals surface area contributed by atoms with Gasteiger partial charge in [-0.2, -0.15) is 9.61 Å². The van der Waals surface area contributed by atoms with Crippen LogP contribution in [0.3, 0.4) is 0 Å². The Labute approximate surface area is 174 Å². The maximum Gasteiger partial charge on any atom is 0.343 e. The van der Waals surface area contributed by atoms with E-state index >= 15 is 0 Å². The third-order valence-corrected chi connectivity index (χ3v) is 5.55. The molecule has 158 valence electrons. The van der Waals surface area contributed by atoms with Crippen molar-refractivity contribution in [1.29, 1.82) is 0 Å². The lowest BCUT2D eigenvalue weighted by atomic mass is 10.0. The van der Waals surface area contributed by atoms with Gasteiger partial charge in [0.05, 0.1) is 25.5 Å². The van der Waals surface area contributed by atoms with Crippen molar-refractivity contribution in [2.24, 2.45) is 0 Å². The second-order valence-electron chi connectivity index (χ2n) is 7.30. The maximum atomic E-state index is 13.2. The summed E-state index contributed by atoms with van der Waals surface area (Å²) in [6, 6.07) is 7.98. The highest BCUT2D eigenvalue weighted by molar-refractivity contribution is 5.95. The van der Waals surface area contributed by atoms with Gasteiger partial charge in [0.2, 0.25) is 0 Å². The first kappa shape index (κ1) is 20.2. The van der Waals surface area contributed by atoms with Gasteiger partial charge in [0, 0.05) is 38.3 Å². The summed E-state index contributed by atoms with van der Waals surface area (Å²) in [7, 11) is 1.65. The topological polar surface area (TPSA) is 78.1 Å². The molecule has 0 spiro atoms. The van der Waals surface area contributed by atoms with Crippen LogP contribution in [0, 0.1) is 0 Å². The Morgan fingerprint density at radius 1 is 1.20 bits per heavy atom. The fourth-order valence-corrected chi connectivity index (χ4v) is 4.12. The third kappa shape index (κ3) is 3.47. The highest BCUT2D eigenvalue weighted by atomic mass is 16.5. The highest BCUT2D eigenvalue weighted by Gasteiger charge is 2.27. The minimum atomic E-state index is -0.453. The van der Waals surface area contributed by atoms with E-state index in [-0.39, 0.29) is 12.2 Å². The van der Waals surface area contributed by atoms with E-state index in [0.717, 1.165) is 36.5 Å². The Morgan fingerprint density at radius 2 is 1.97 bits per heavy atom. The number of fused-ring (bicyclic) bond motifs is 2. The number of aromatic nitrogens is 3. The first-order valence-electron chi connectivity index (χ1n) is 10.2. The minimum Gasteiger partial charge on any atom is -0.497 e. The molecule has 1 aromatic carbocycles. The molecule has 8 heteroatoms. The molecule has 0 aliphatic carbocycles. The molecule has 3 heterocycles. The lowest BCUT2D eigenvalue weighted by Crippen LogP contribution is -2.38. The van der Waals surface area contributed by atoms with E-state index in [1.807, 2.05) is 35.8 Å². The van der Waals surface area contributed by atoms with Gasteiger partial charge in [0.1, 0.15) is 11.3 Å². The molecule has 8 nitrogen and oxygen atoms in total. The summed E-state index contributed by atoms with van der Waals surface area (Å²) >= 11 is 0. The normalized spacial score (nSPS) is 14.0. The van der Waals surface area contributed by atoms with Crippen LogP contribution in [-0.2, 0) is 30.8 Å². The monoisotopic (exact) mass is 410 g/mol. The summed E-state index contributed by atoms with van der Waals surface area (Å²) in [5.74, 6) is 0.373. The second-order valence-corrected chi connectivity index (χ2v) is 7.30. The number of benzene rings is 1. The van der Waals surface area contributed by atoms with Crippen LogP contribution in [0.1, 0.15) is 41.0 Å². The largest absolute Gasteiger partial charge is 0.497 e. The van der Waals surface area contributed by atoms with Crippen molar-refractivity contribution in [2.45, 2.75) is 39.9 Å². The number of esters is 1. The maximum absolute atomic E-state index is 13.2. The minimum absolute atomic E-state index is 0.167. The van der Waals surface area contributed by atoms with Gasteiger partial charge in [0.25, 0.3) is 5.56 Å². The summed E-state index contributed by atoms with van der Waals surface area (Å²) in [4.78, 5) is 27.8.